The normalized spacial score (nSPS) is 33.9. The maximum Gasteiger partial charge on any atom is 0.238 e. The molecule has 1 aromatic rings. The summed E-state index contributed by atoms with van der Waals surface area (Å²) in [5.41, 5.74) is 0.831. The van der Waals surface area contributed by atoms with E-state index >= 15 is 0 Å². The fraction of sp³-hybridized carbons (Fsp3) is 0.632. The number of halogens is 2. The van der Waals surface area contributed by atoms with Gasteiger partial charge in [0.25, 0.3) is 0 Å². The van der Waals surface area contributed by atoms with Crippen molar-refractivity contribution in [2.45, 2.75) is 44.1 Å². The van der Waals surface area contributed by atoms with Gasteiger partial charge in [-0.1, -0.05) is 23.2 Å². The van der Waals surface area contributed by atoms with Gasteiger partial charge >= 0.3 is 0 Å². The van der Waals surface area contributed by atoms with E-state index in [4.69, 9.17) is 23.2 Å². The van der Waals surface area contributed by atoms with Crippen molar-refractivity contribution in [2.75, 3.05) is 18.9 Å². The van der Waals surface area contributed by atoms with Gasteiger partial charge in [-0.3, -0.25) is 9.69 Å². The van der Waals surface area contributed by atoms with Crippen molar-refractivity contribution in [3.05, 3.63) is 28.2 Å². The van der Waals surface area contributed by atoms with Gasteiger partial charge in [0, 0.05) is 10.6 Å². The molecule has 0 saturated heterocycles. The van der Waals surface area contributed by atoms with Crippen molar-refractivity contribution in [3.63, 3.8) is 0 Å². The minimum Gasteiger partial charge on any atom is -0.324 e. The molecule has 4 fully saturated rings. The minimum atomic E-state index is -0.0163. The molecule has 4 aliphatic carbocycles. The average molecular weight is 367 g/mol. The van der Waals surface area contributed by atoms with Gasteiger partial charge in [0.1, 0.15) is 0 Å². The monoisotopic (exact) mass is 366 g/mol. The number of benzene rings is 1. The molecule has 0 heterocycles. The fourth-order valence-corrected chi connectivity index (χ4v) is 6.04. The number of carbonyl (C=O) groups excluding carboxylic acids is 1. The molecule has 5 rings (SSSR count). The zero-order valence-corrected chi connectivity index (χ0v) is 15.5. The van der Waals surface area contributed by atoms with Crippen LogP contribution < -0.4 is 5.32 Å². The van der Waals surface area contributed by atoms with Crippen molar-refractivity contribution in [2.24, 2.45) is 17.8 Å². The van der Waals surface area contributed by atoms with Crippen molar-refractivity contribution in [1.82, 2.24) is 4.90 Å². The maximum absolute atomic E-state index is 12.5. The first kappa shape index (κ1) is 16.7. The third-order valence-electron chi connectivity index (χ3n) is 6.40. The molecule has 0 aliphatic heterocycles. The zero-order chi connectivity index (χ0) is 16.9. The van der Waals surface area contributed by atoms with E-state index in [1.54, 1.807) is 18.2 Å². The molecule has 1 aromatic carbocycles. The lowest BCUT2D eigenvalue weighted by Crippen LogP contribution is -2.59. The molecular weight excluding hydrogens is 343 g/mol. The summed E-state index contributed by atoms with van der Waals surface area (Å²) in [4.78, 5) is 14.8. The van der Waals surface area contributed by atoms with Crippen LogP contribution in [-0.2, 0) is 4.79 Å². The predicted octanol–water partition coefficient (Wildman–Crippen LogP) is 4.83. The number of carbonyl (C=O) groups is 1. The van der Waals surface area contributed by atoms with Crippen LogP contribution in [0, 0.1) is 17.8 Å². The Morgan fingerprint density at radius 3 is 2.33 bits per heavy atom. The molecule has 4 bridgehead atoms. The standard InChI is InChI=1S/C19H24Cl2N2O/c1-23(11-18(24)22-17-7-15(20)2-3-16(17)21)19-8-12-4-13(9-19)6-14(5-12)10-19/h2-3,7,12-14H,4-6,8-11H2,1H3,(H,22,24). The third-order valence-corrected chi connectivity index (χ3v) is 6.96. The van der Waals surface area contributed by atoms with Crippen LogP contribution >= 0.6 is 23.2 Å². The molecular formula is C19H24Cl2N2O. The highest BCUT2D eigenvalue weighted by Gasteiger charge is 2.52. The van der Waals surface area contributed by atoms with E-state index in [0.717, 1.165) is 17.8 Å². The van der Waals surface area contributed by atoms with Crippen molar-refractivity contribution in [3.8, 4) is 0 Å². The van der Waals surface area contributed by atoms with Crippen LogP contribution in [-0.4, -0.2) is 29.9 Å². The third kappa shape index (κ3) is 3.07. The molecule has 0 radical (unpaired) electrons. The molecule has 0 aromatic heterocycles. The Balaban J connectivity index is 1.43. The van der Waals surface area contributed by atoms with Gasteiger partial charge < -0.3 is 5.32 Å². The fourth-order valence-electron chi connectivity index (χ4n) is 5.70. The van der Waals surface area contributed by atoms with Crippen molar-refractivity contribution in [1.29, 1.82) is 0 Å². The van der Waals surface area contributed by atoms with Crippen LogP contribution in [0.15, 0.2) is 18.2 Å². The van der Waals surface area contributed by atoms with Gasteiger partial charge in [0.05, 0.1) is 17.3 Å². The first-order chi connectivity index (χ1) is 11.4. The van der Waals surface area contributed by atoms with E-state index in [2.05, 4.69) is 17.3 Å². The summed E-state index contributed by atoms with van der Waals surface area (Å²) < 4.78 is 0. The number of amides is 1. The predicted molar refractivity (Wildman–Crippen MR) is 98.6 cm³/mol. The van der Waals surface area contributed by atoms with Gasteiger partial charge in [0.2, 0.25) is 5.91 Å². The zero-order valence-electron chi connectivity index (χ0n) is 14.0. The van der Waals surface area contributed by atoms with Crippen molar-refractivity contribution < 1.29 is 4.79 Å². The van der Waals surface area contributed by atoms with Crippen LogP contribution in [0.25, 0.3) is 0 Å². The van der Waals surface area contributed by atoms with E-state index < -0.39 is 0 Å². The Hall–Kier alpha value is -0.770. The van der Waals surface area contributed by atoms with Crippen LogP contribution in [0.4, 0.5) is 5.69 Å². The molecule has 0 atom stereocenters. The first-order valence-corrected chi connectivity index (χ1v) is 9.65. The second-order valence-electron chi connectivity index (χ2n) is 8.17. The van der Waals surface area contributed by atoms with Gasteiger partial charge in [0.15, 0.2) is 0 Å². The molecule has 0 unspecified atom stereocenters. The highest BCUT2D eigenvalue weighted by molar-refractivity contribution is 6.35. The van der Waals surface area contributed by atoms with Gasteiger partial charge in [-0.2, -0.15) is 0 Å². The summed E-state index contributed by atoms with van der Waals surface area (Å²) in [6.07, 6.45) is 8.04. The van der Waals surface area contributed by atoms with E-state index in [1.165, 1.54) is 38.5 Å². The summed E-state index contributed by atoms with van der Waals surface area (Å²) >= 11 is 12.1. The summed E-state index contributed by atoms with van der Waals surface area (Å²) in [6.45, 7) is 0.412. The Morgan fingerprint density at radius 2 is 1.75 bits per heavy atom. The Morgan fingerprint density at radius 1 is 1.17 bits per heavy atom. The molecule has 1 amide bonds. The Kier molecular flexibility index (Phi) is 4.30. The number of rotatable bonds is 4. The lowest BCUT2D eigenvalue weighted by Gasteiger charge is -2.59. The SMILES string of the molecule is CN(CC(=O)Nc1cc(Cl)ccc1Cl)C12CC3CC(CC(C3)C1)C2. The van der Waals surface area contributed by atoms with E-state index in [-0.39, 0.29) is 11.4 Å². The molecule has 4 saturated carbocycles. The second kappa shape index (κ2) is 6.19. The highest BCUT2D eigenvalue weighted by atomic mass is 35.5. The highest BCUT2D eigenvalue weighted by Crippen LogP contribution is 2.57. The van der Waals surface area contributed by atoms with Crippen LogP contribution in [0.3, 0.4) is 0 Å². The topological polar surface area (TPSA) is 32.3 Å². The molecule has 5 heteroatoms. The van der Waals surface area contributed by atoms with E-state index in [1.807, 2.05) is 0 Å². The van der Waals surface area contributed by atoms with Crippen molar-refractivity contribution >= 4 is 34.8 Å². The second-order valence-corrected chi connectivity index (χ2v) is 9.01. The van der Waals surface area contributed by atoms with Crippen LogP contribution in [0.5, 0.6) is 0 Å². The van der Waals surface area contributed by atoms with E-state index in [0.29, 0.717) is 22.3 Å². The van der Waals surface area contributed by atoms with Crippen LogP contribution in [0.1, 0.15) is 38.5 Å². The summed E-state index contributed by atoms with van der Waals surface area (Å²) in [5.74, 6) is 2.62. The summed E-state index contributed by atoms with van der Waals surface area (Å²) in [6, 6.07) is 5.13. The average Bonchev–Trinajstić information content (AvgIpc) is 2.49. The number of hydrogen-bond donors (Lipinski definition) is 1. The molecule has 24 heavy (non-hydrogen) atoms. The molecule has 4 aliphatic rings. The lowest BCUT2D eigenvalue weighted by molar-refractivity contribution is -0.123. The number of anilines is 1. The first-order valence-electron chi connectivity index (χ1n) is 8.90. The van der Waals surface area contributed by atoms with Gasteiger partial charge in [-0.15, -0.1) is 0 Å². The molecule has 0 spiro atoms. The van der Waals surface area contributed by atoms with Gasteiger partial charge in [-0.25, -0.2) is 0 Å². The smallest absolute Gasteiger partial charge is 0.238 e. The summed E-state index contributed by atoms with van der Waals surface area (Å²) in [5, 5.41) is 4.01. The Bertz CT molecular complexity index is 625. The number of hydrogen-bond acceptors (Lipinski definition) is 2. The Labute approximate surface area is 153 Å². The maximum atomic E-state index is 12.5. The quantitative estimate of drug-likeness (QED) is 0.827. The molecule has 130 valence electrons. The number of nitrogens with one attached hydrogen (secondary N) is 1. The largest absolute Gasteiger partial charge is 0.324 e. The number of likely N-dealkylation sites (N-methyl/N-ethyl adjacent to an activating group) is 1. The van der Waals surface area contributed by atoms with Crippen LogP contribution in [0.2, 0.25) is 10.0 Å². The molecule has 1 N–H and O–H groups in total. The number of nitrogens with zero attached hydrogens (tertiary/aromatic N) is 1. The van der Waals surface area contributed by atoms with Gasteiger partial charge in [-0.05, 0) is 81.5 Å². The molecule has 3 nitrogen and oxygen atoms in total. The summed E-state index contributed by atoms with van der Waals surface area (Å²) in [7, 11) is 2.12. The minimum absolute atomic E-state index is 0.0163. The van der Waals surface area contributed by atoms with E-state index in [9.17, 15) is 4.79 Å². The lowest BCUT2D eigenvalue weighted by atomic mass is 9.52.